The zero-order valence-electron chi connectivity index (χ0n) is 10.1. The standard InChI is InChI=1S/C13H12NO3.V/c1-8-9(2)13(17)14(12(8)16)11-5-3-10(7-15)4-6-11;/h3-6,8-9H,1-2H3;/q-1;. The second-order valence-electron chi connectivity index (χ2n) is 4.24. The van der Waals surface area contributed by atoms with Crippen LogP contribution in [0.2, 0.25) is 0 Å². The fourth-order valence-electron chi connectivity index (χ4n) is 1.88. The van der Waals surface area contributed by atoms with Crippen molar-refractivity contribution in [3.8, 4) is 0 Å². The fraction of sp³-hybridized carbons (Fsp3) is 0.308. The van der Waals surface area contributed by atoms with Crippen LogP contribution in [-0.4, -0.2) is 18.1 Å². The van der Waals surface area contributed by atoms with Gasteiger partial charge in [-0.1, -0.05) is 26.0 Å². The maximum atomic E-state index is 11.9. The predicted octanol–water partition coefficient (Wildman–Crippen LogP) is 1.29. The van der Waals surface area contributed by atoms with Gasteiger partial charge in [0.05, 0.1) is 6.29 Å². The maximum absolute atomic E-state index is 11.9. The van der Waals surface area contributed by atoms with E-state index in [1.807, 2.05) is 0 Å². The van der Waals surface area contributed by atoms with Crippen LogP contribution in [-0.2, 0) is 32.9 Å². The van der Waals surface area contributed by atoms with Gasteiger partial charge >= 0.3 is 0 Å². The Morgan fingerprint density at radius 1 is 1.00 bits per heavy atom. The van der Waals surface area contributed by atoms with Crippen LogP contribution in [0.5, 0.6) is 0 Å². The summed E-state index contributed by atoms with van der Waals surface area (Å²) in [6.07, 6.45) is 1.75. The third kappa shape index (κ3) is 2.26. The van der Waals surface area contributed by atoms with E-state index in [2.05, 4.69) is 0 Å². The quantitative estimate of drug-likeness (QED) is 0.606. The van der Waals surface area contributed by atoms with Gasteiger partial charge in [0.15, 0.2) is 0 Å². The first kappa shape index (κ1) is 14.7. The minimum Gasteiger partial charge on any atom is -0.376 e. The topological polar surface area (TPSA) is 54.5 Å². The summed E-state index contributed by atoms with van der Waals surface area (Å²) in [5.74, 6) is -0.963. The molecule has 0 aromatic heterocycles. The molecule has 1 fully saturated rings. The Kier molecular flexibility index (Phi) is 4.49. The number of benzene rings is 1. The molecule has 0 spiro atoms. The molecular weight excluding hydrogens is 269 g/mol. The first-order chi connectivity index (χ1) is 8.06. The van der Waals surface area contributed by atoms with Crippen LogP contribution >= 0.6 is 0 Å². The van der Waals surface area contributed by atoms with E-state index in [1.165, 1.54) is 17.0 Å². The molecule has 18 heavy (non-hydrogen) atoms. The van der Waals surface area contributed by atoms with Crippen molar-refractivity contribution in [3.63, 3.8) is 0 Å². The Bertz CT molecular complexity index is 464. The van der Waals surface area contributed by atoms with Crippen LogP contribution in [0, 0.1) is 11.8 Å². The van der Waals surface area contributed by atoms with E-state index in [0.717, 1.165) is 0 Å². The van der Waals surface area contributed by atoms with Gasteiger partial charge in [0.1, 0.15) is 0 Å². The normalized spacial score (nSPS) is 22.9. The third-order valence-electron chi connectivity index (χ3n) is 3.21. The Morgan fingerprint density at radius 3 is 1.83 bits per heavy atom. The van der Waals surface area contributed by atoms with Crippen LogP contribution in [0.3, 0.4) is 0 Å². The van der Waals surface area contributed by atoms with Crippen molar-refractivity contribution in [2.75, 3.05) is 4.90 Å². The number of anilines is 1. The summed E-state index contributed by atoms with van der Waals surface area (Å²) >= 11 is 0. The molecule has 93 valence electrons. The molecule has 0 bridgehead atoms. The summed E-state index contributed by atoms with van der Waals surface area (Å²) in [6, 6.07) is 6.24. The molecule has 1 saturated heterocycles. The third-order valence-corrected chi connectivity index (χ3v) is 3.21. The molecule has 5 heteroatoms. The van der Waals surface area contributed by atoms with E-state index in [0.29, 0.717) is 11.3 Å². The van der Waals surface area contributed by atoms with Crippen molar-refractivity contribution in [2.24, 2.45) is 11.8 Å². The van der Waals surface area contributed by atoms with Gasteiger partial charge in [0, 0.05) is 36.1 Å². The summed E-state index contributed by atoms with van der Waals surface area (Å²) in [5.41, 5.74) is 0.907. The predicted molar refractivity (Wildman–Crippen MR) is 62.1 cm³/mol. The van der Waals surface area contributed by atoms with Crippen LogP contribution < -0.4 is 4.90 Å². The van der Waals surface area contributed by atoms with Gasteiger partial charge in [-0.05, 0) is 0 Å². The number of carbonyl (C=O) groups is 2. The monoisotopic (exact) mass is 281 g/mol. The van der Waals surface area contributed by atoms with E-state index in [9.17, 15) is 14.4 Å². The molecule has 0 N–H and O–H groups in total. The Balaban J connectivity index is 0.00000162. The Morgan fingerprint density at radius 2 is 1.44 bits per heavy atom. The average molecular weight is 281 g/mol. The van der Waals surface area contributed by atoms with E-state index in [4.69, 9.17) is 0 Å². The van der Waals surface area contributed by atoms with Crippen molar-refractivity contribution in [2.45, 2.75) is 13.8 Å². The van der Waals surface area contributed by atoms with E-state index in [-0.39, 0.29) is 42.2 Å². The van der Waals surface area contributed by atoms with Crippen molar-refractivity contribution in [3.05, 3.63) is 29.8 Å². The Labute approximate surface area is 117 Å². The molecule has 1 aliphatic heterocycles. The molecule has 2 rings (SSSR count). The van der Waals surface area contributed by atoms with Gasteiger partial charge < -0.3 is 4.79 Å². The fourth-order valence-corrected chi connectivity index (χ4v) is 1.88. The van der Waals surface area contributed by atoms with Crippen molar-refractivity contribution >= 4 is 23.8 Å². The summed E-state index contributed by atoms with van der Waals surface area (Å²) in [4.78, 5) is 35.4. The number of hydrogen-bond donors (Lipinski definition) is 0. The van der Waals surface area contributed by atoms with Crippen molar-refractivity contribution in [1.82, 2.24) is 0 Å². The minimum atomic E-state index is -0.292. The molecule has 2 unspecified atom stereocenters. The number of nitrogens with zero attached hydrogens (tertiary/aromatic N) is 1. The molecule has 1 radical (unpaired) electrons. The molecule has 2 amide bonds. The van der Waals surface area contributed by atoms with Gasteiger partial charge in [0.2, 0.25) is 11.8 Å². The van der Waals surface area contributed by atoms with Gasteiger partial charge in [-0.15, -0.1) is 0 Å². The number of rotatable bonds is 2. The summed E-state index contributed by atoms with van der Waals surface area (Å²) in [6.45, 7) is 3.50. The molecular formula is C13H12NO3V-. The zero-order chi connectivity index (χ0) is 12.6. The molecule has 1 heterocycles. The van der Waals surface area contributed by atoms with Gasteiger partial charge in [-0.25, -0.2) is 0 Å². The molecule has 0 aliphatic carbocycles. The van der Waals surface area contributed by atoms with Gasteiger partial charge in [-0.2, -0.15) is 17.7 Å². The maximum Gasteiger partial charge on any atom is 0.237 e. The van der Waals surface area contributed by atoms with Gasteiger partial charge in [0.25, 0.3) is 0 Å². The number of imide groups is 1. The number of amides is 2. The van der Waals surface area contributed by atoms with Crippen LogP contribution in [0.1, 0.15) is 19.4 Å². The zero-order valence-corrected chi connectivity index (χ0v) is 11.5. The first-order valence-electron chi connectivity index (χ1n) is 5.42. The van der Waals surface area contributed by atoms with E-state index >= 15 is 0 Å². The second-order valence-corrected chi connectivity index (χ2v) is 4.24. The molecule has 1 aliphatic rings. The molecule has 1 aromatic rings. The van der Waals surface area contributed by atoms with E-state index in [1.54, 1.807) is 32.3 Å². The summed E-state index contributed by atoms with van der Waals surface area (Å²) in [5, 5.41) is 0. The van der Waals surface area contributed by atoms with Crippen LogP contribution in [0.15, 0.2) is 24.3 Å². The molecule has 4 nitrogen and oxygen atoms in total. The van der Waals surface area contributed by atoms with Crippen molar-refractivity contribution < 1.29 is 32.9 Å². The summed E-state index contributed by atoms with van der Waals surface area (Å²) < 4.78 is 0. The molecule has 2 atom stereocenters. The Hall–Kier alpha value is -1.39. The summed E-state index contributed by atoms with van der Waals surface area (Å²) in [7, 11) is 0. The largest absolute Gasteiger partial charge is 0.376 e. The smallest absolute Gasteiger partial charge is 0.237 e. The van der Waals surface area contributed by atoms with Crippen LogP contribution in [0.25, 0.3) is 0 Å². The van der Waals surface area contributed by atoms with E-state index < -0.39 is 0 Å². The minimum absolute atomic E-state index is 0. The van der Waals surface area contributed by atoms with Crippen LogP contribution in [0.4, 0.5) is 5.69 Å². The molecule has 0 saturated carbocycles. The SMILES string of the molecule is CC1C(=O)N(c2ccc([C-]=O)cc2)C(=O)C1C.[V]. The number of hydrogen-bond acceptors (Lipinski definition) is 3. The molecule has 1 aromatic carbocycles. The van der Waals surface area contributed by atoms with Gasteiger partial charge in [-0.3, -0.25) is 14.5 Å². The average Bonchev–Trinajstić information content (AvgIpc) is 2.54. The first-order valence-corrected chi connectivity index (χ1v) is 5.42. The van der Waals surface area contributed by atoms with Crippen molar-refractivity contribution in [1.29, 1.82) is 0 Å². The second kappa shape index (κ2) is 5.50. The number of carbonyl (C=O) groups excluding carboxylic acids is 3.